The van der Waals surface area contributed by atoms with Crippen molar-refractivity contribution >= 4 is 17.0 Å². The van der Waals surface area contributed by atoms with E-state index in [1.807, 2.05) is 11.7 Å². The second kappa shape index (κ2) is 5.11. The van der Waals surface area contributed by atoms with Crippen LogP contribution in [0.2, 0.25) is 0 Å². The van der Waals surface area contributed by atoms with Crippen LogP contribution in [0.25, 0.3) is 0 Å². The summed E-state index contributed by atoms with van der Waals surface area (Å²) in [7, 11) is 2.12. The molecule has 0 aliphatic carbocycles. The molecule has 0 N–H and O–H groups in total. The molecule has 1 heterocycles. The van der Waals surface area contributed by atoms with E-state index >= 15 is 0 Å². The molecule has 0 radical (unpaired) electrons. The Morgan fingerprint density at radius 3 is 2.33 bits per heavy atom. The zero-order valence-corrected chi connectivity index (χ0v) is 12.3. The first-order chi connectivity index (χ1) is 8.47. The number of hydrogen-bond donors (Lipinski definition) is 0. The van der Waals surface area contributed by atoms with Gasteiger partial charge in [0.1, 0.15) is 0 Å². The van der Waals surface area contributed by atoms with E-state index in [1.54, 1.807) is 11.3 Å². The summed E-state index contributed by atoms with van der Waals surface area (Å²) in [5.41, 5.74) is 4.72. The highest BCUT2D eigenvalue weighted by atomic mass is 32.1. The number of nitrogens with zero attached hydrogens (tertiary/aromatic N) is 2. The van der Waals surface area contributed by atoms with Crippen LogP contribution in [-0.2, 0) is 12.0 Å². The molecule has 3 heteroatoms. The molecule has 0 aliphatic heterocycles. The third-order valence-corrected chi connectivity index (χ3v) is 3.81. The highest BCUT2D eigenvalue weighted by Crippen LogP contribution is 2.25. The number of rotatable bonds is 3. The number of anilines is 1. The average molecular weight is 260 g/mol. The van der Waals surface area contributed by atoms with Gasteiger partial charge < -0.3 is 4.90 Å². The summed E-state index contributed by atoms with van der Waals surface area (Å²) < 4.78 is 0. The van der Waals surface area contributed by atoms with Crippen LogP contribution < -0.4 is 4.90 Å². The van der Waals surface area contributed by atoms with E-state index in [9.17, 15) is 0 Å². The lowest BCUT2D eigenvalue weighted by molar-refractivity contribution is 0.590. The fourth-order valence-electron chi connectivity index (χ4n) is 1.86. The Balaban J connectivity index is 2.10. The van der Waals surface area contributed by atoms with Crippen LogP contribution in [0.5, 0.6) is 0 Å². The van der Waals surface area contributed by atoms with Crippen LogP contribution in [-0.4, -0.2) is 12.0 Å². The number of hydrogen-bond acceptors (Lipinski definition) is 3. The van der Waals surface area contributed by atoms with Crippen molar-refractivity contribution < 1.29 is 0 Å². The number of benzene rings is 1. The Bertz CT molecular complexity index is 480. The third-order valence-electron chi connectivity index (χ3n) is 3.05. The van der Waals surface area contributed by atoms with Crippen molar-refractivity contribution in [3.8, 4) is 0 Å². The zero-order valence-electron chi connectivity index (χ0n) is 11.5. The monoisotopic (exact) mass is 260 g/mol. The molecule has 0 aliphatic rings. The minimum absolute atomic E-state index is 0.217. The molecule has 18 heavy (non-hydrogen) atoms. The molecule has 2 nitrogen and oxygen atoms in total. The van der Waals surface area contributed by atoms with Gasteiger partial charge in [0, 0.05) is 23.8 Å². The van der Waals surface area contributed by atoms with Crippen molar-refractivity contribution in [1.82, 2.24) is 4.98 Å². The van der Waals surface area contributed by atoms with Gasteiger partial charge in [-0.05, 0) is 23.1 Å². The summed E-state index contributed by atoms with van der Waals surface area (Å²) in [6.07, 6.45) is 1.94. The lowest BCUT2D eigenvalue weighted by Gasteiger charge is -2.22. The van der Waals surface area contributed by atoms with E-state index < -0.39 is 0 Å². The fraction of sp³-hybridized carbons (Fsp3) is 0.400. The van der Waals surface area contributed by atoms with Crippen LogP contribution in [0.1, 0.15) is 31.2 Å². The molecular weight excluding hydrogens is 240 g/mol. The summed E-state index contributed by atoms with van der Waals surface area (Å²) in [6, 6.07) is 8.83. The molecular formula is C15H20N2S. The Labute approximate surface area is 113 Å². The standard InChI is InChI=1S/C15H20N2S/c1-15(2,3)12-5-7-13(8-6-12)17(4)10-14-9-16-11-18-14/h5-9,11H,10H2,1-4H3. The molecule has 0 saturated heterocycles. The molecule has 96 valence electrons. The van der Waals surface area contributed by atoms with Crippen LogP contribution in [0, 0.1) is 0 Å². The van der Waals surface area contributed by atoms with Crippen LogP contribution >= 0.6 is 11.3 Å². The first-order valence-corrected chi connectivity index (χ1v) is 7.04. The van der Waals surface area contributed by atoms with E-state index in [2.05, 4.69) is 62.0 Å². The van der Waals surface area contributed by atoms with Crippen molar-refractivity contribution in [2.75, 3.05) is 11.9 Å². The summed E-state index contributed by atoms with van der Waals surface area (Å²) in [5, 5.41) is 0. The van der Waals surface area contributed by atoms with Crippen molar-refractivity contribution in [3.05, 3.63) is 46.4 Å². The lowest BCUT2D eigenvalue weighted by atomic mass is 9.87. The molecule has 0 saturated carbocycles. The largest absolute Gasteiger partial charge is 0.369 e. The molecule has 0 bridgehead atoms. The minimum atomic E-state index is 0.217. The molecule has 0 fully saturated rings. The zero-order chi connectivity index (χ0) is 13.2. The molecule has 0 unspecified atom stereocenters. The van der Waals surface area contributed by atoms with E-state index in [-0.39, 0.29) is 5.41 Å². The van der Waals surface area contributed by atoms with Crippen LogP contribution in [0.4, 0.5) is 5.69 Å². The summed E-state index contributed by atoms with van der Waals surface area (Å²) in [5.74, 6) is 0. The number of aromatic nitrogens is 1. The maximum absolute atomic E-state index is 4.11. The highest BCUT2D eigenvalue weighted by molar-refractivity contribution is 7.09. The van der Waals surface area contributed by atoms with Crippen molar-refractivity contribution in [1.29, 1.82) is 0 Å². The van der Waals surface area contributed by atoms with Crippen molar-refractivity contribution in [3.63, 3.8) is 0 Å². The van der Waals surface area contributed by atoms with Gasteiger partial charge in [-0.2, -0.15) is 0 Å². The molecule has 2 rings (SSSR count). The summed E-state index contributed by atoms with van der Waals surface area (Å²) in [6.45, 7) is 7.63. The first-order valence-electron chi connectivity index (χ1n) is 6.16. The average Bonchev–Trinajstić information content (AvgIpc) is 2.81. The molecule has 1 aromatic carbocycles. The second-order valence-corrected chi connectivity index (χ2v) is 6.59. The predicted octanol–water partition coefficient (Wildman–Crippen LogP) is 4.08. The van der Waals surface area contributed by atoms with Gasteiger partial charge in [-0.25, -0.2) is 0 Å². The van der Waals surface area contributed by atoms with Gasteiger partial charge in [-0.3, -0.25) is 4.98 Å². The van der Waals surface area contributed by atoms with E-state index in [0.29, 0.717) is 0 Å². The Morgan fingerprint density at radius 2 is 1.83 bits per heavy atom. The predicted molar refractivity (Wildman–Crippen MR) is 79.4 cm³/mol. The minimum Gasteiger partial charge on any atom is -0.369 e. The van der Waals surface area contributed by atoms with Gasteiger partial charge in [0.15, 0.2) is 0 Å². The molecule has 0 spiro atoms. The normalized spacial score (nSPS) is 11.6. The molecule has 0 amide bonds. The Kier molecular flexibility index (Phi) is 3.71. The SMILES string of the molecule is CN(Cc1cncs1)c1ccc(C(C)(C)C)cc1. The van der Waals surface area contributed by atoms with Gasteiger partial charge >= 0.3 is 0 Å². The van der Waals surface area contributed by atoms with E-state index in [0.717, 1.165) is 6.54 Å². The van der Waals surface area contributed by atoms with E-state index in [4.69, 9.17) is 0 Å². The summed E-state index contributed by atoms with van der Waals surface area (Å²) >= 11 is 1.70. The smallest absolute Gasteiger partial charge is 0.0794 e. The highest BCUT2D eigenvalue weighted by Gasteiger charge is 2.13. The van der Waals surface area contributed by atoms with Gasteiger partial charge in [0.05, 0.1) is 12.1 Å². The first kappa shape index (κ1) is 13.1. The number of thiazole rings is 1. The molecule has 0 atom stereocenters. The Hall–Kier alpha value is -1.35. The molecule has 1 aromatic heterocycles. The van der Waals surface area contributed by atoms with Crippen LogP contribution in [0.15, 0.2) is 36.0 Å². The van der Waals surface area contributed by atoms with Gasteiger partial charge in [0.25, 0.3) is 0 Å². The maximum Gasteiger partial charge on any atom is 0.0794 e. The quantitative estimate of drug-likeness (QED) is 0.826. The van der Waals surface area contributed by atoms with Gasteiger partial charge in [-0.1, -0.05) is 32.9 Å². The van der Waals surface area contributed by atoms with Gasteiger partial charge in [-0.15, -0.1) is 11.3 Å². The summed E-state index contributed by atoms with van der Waals surface area (Å²) in [4.78, 5) is 7.65. The fourth-order valence-corrected chi connectivity index (χ4v) is 2.51. The Morgan fingerprint density at radius 1 is 1.17 bits per heavy atom. The maximum atomic E-state index is 4.11. The van der Waals surface area contributed by atoms with Crippen molar-refractivity contribution in [2.24, 2.45) is 0 Å². The third kappa shape index (κ3) is 3.10. The van der Waals surface area contributed by atoms with E-state index in [1.165, 1.54) is 16.1 Å². The van der Waals surface area contributed by atoms with Crippen molar-refractivity contribution in [2.45, 2.75) is 32.7 Å². The topological polar surface area (TPSA) is 16.1 Å². The molecule has 2 aromatic rings. The van der Waals surface area contributed by atoms with Crippen LogP contribution in [0.3, 0.4) is 0 Å². The van der Waals surface area contributed by atoms with Gasteiger partial charge in [0.2, 0.25) is 0 Å². The second-order valence-electron chi connectivity index (χ2n) is 5.62. The lowest BCUT2D eigenvalue weighted by Crippen LogP contribution is -2.16.